The highest BCUT2D eigenvalue weighted by Gasteiger charge is 2.32. The smallest absolute Gasteiger partial charge is 0.236 e. The van der Waals surface area contributed by atoms with Gasteiger partial charge in [-0.25, -0.2) is 0 Å². The summed E-state index contributed by atoms with van der Waals surface area (Å²) in [6.45, 7) is 6.30. The van der Waals surface area contributed by atoms with Crippen molar-refractivity contribution in [1.82, 2.24) is 9.80 Å². The van der Waals surface area contributed by atoms with Gasteiger partial charge in [-0.05, 0) is 48.7 Å². The zero-order valence-electron chi connectivity index (χ0n) is 14.6. The molecule has 1 aliphatic heterocycles. The molecule has 0 spiro atoms. The van der Waals surface area contributed by atoms with Gasteiger partial charge >= 0.3 is 0 Å². The number of carbonyl (C=O) groups excluding carboxylic acids is 1. The molecule has 0 saturated heterocycles. The normalized spacial score (nSPS) is 18.4. The average Bonchev–Trinajstić information content (AvgIpc) is 3.30. The molecule has 25 heavy (non-hydrogen) atoms. The number of amides is 1. The van der Waals surface area contributed by atoms with Crippen molar-refractivity contribution in [2.45, 2.75) is 26.3 Å². The monoisotopic (exact) mass is 373 g/mol. The van der Waals surface area contributed by atoms with Crippen LogP contribution in [0.2, 0.25) is 0 Å². The molecule has 3 heterocycles. The molecule has 0 bridgehead atoms. The van der Waals surface area contributed by atoms with Gasteiger partial charge in [0.05, 0.1) is 24.6 Å². The Morgan fingerprint density at radius 1 is 1.44 bits per heavy atom. The second-order valence-corrected chi connectivity index (χ2v) is 8.38. The number of thiophene rings is 2. The van der Waals surface area contributed by atoms with Crippen molar-refractivity contribution in [2.75, 3.05) is 26.2 Å². The van der Waals surface area contributed by atoms with Gasteiger partial charge in [0.2, 0.25) is 5.91 Å². The van der Waals surface area contributed by atoms with Gasteiger partial charge in [-0.3, -0.25) is 9.69 Å². The number of hydrogen-bond donors (Lipinski definition) is 0. The first-order chi connectivity index (χ1) is 12.1. The molecule has 0 fully saturated rings. The van der Waals surface area contributed by atoms with Crippen LogP contribution in [0.1, 0.15) is 35.2 Å². The highest BCUT2D eigenvalue weighted by Crippen LogP contribution is 2.39. The third-order valence-corrected chi connectivity index (χ3v) is 6.59. The van der Waals surface area contributed by atoms with Gasteiger partial charge in [-0.1, -0.05) is 6.07 Å². The fourth-order valence-electron chi connectivity index (χ4n) is 3.37. The summed E-state index contributed by atoms with van der Waals surface area (Å²) in [6, 6.07) is 8.84. The van der Waals surface area contributed by atoms with Crippen molar-refractivity contribution in [3.8, 4) is 6.07 Å². The minimum absolute atomic E-state index is 0.116. The minimum atomic E-state index is -0.137. The van der Waals surface area contributed by atoms with Gasteiger partial charge in [-0.2, -0.15) is 5.26 Å². The van der Waals surface area contributed by atoms with Gasteiger partial charge in [-0.15, -0.1) is 22.7 Å². The maximum absolute atomic E-state index is 12.8. The highest BCUT2D eigenvalue weighted by atomic mass is 32.1. The molecule has 0 aliphatic carbocycles. The van der Waals surface area contributed by atoms with Crippen LogP contribution in [-0.4, -0.2) is 41.9 Å². The molecule has 2 aromatic heterocycles. The Morgan fingerprint density at radius 3 is 2.96 bits per heavy atom. The average molecular weight is 374 g/mol. The zero-order chi connectivity index (χ0) is 17.8. The van der Waals surface area contributed by atoms with Crippen molar-refractivity contribution < 1.29 is 4.79 Å². The standard InChI is InChI=1S/C19H23N3OS2/c1-3-21(12-14(2)11-20)18(23)13-22-8-6-16-15(7-10-25-16)19(22)17-5-4-9-24-17/h4-5,7,9-10,14,19H,3,6,8,12-13H2,1-2H3. The number of hydrogen-bond acceptors (Lipinski definition) is 5. The summed E-state index contributed by atoms with van der Waals surface area (Å²) in [4.78, 5) is 19.7. The molecule has 6 heteroatoms. The van der Waals surface area contributed by atoms with E-state index in [0.29, 0.717) is 19.6 Å². The third kappa shape index (κ3) is 3.95. The second-order valence-electron chi connectivity index (χ2n) is 6.40. The van der Waals surface area contributed by atoms with E-state index in [1.807, 2.05) is 30.1 Å². The van der Waals surface area contributed by atoms with Crippen LogP contribution in [0.4, 0.5) is 0 Å². The minimum Gasteiger partial charge on any atom is -0.341 e. The number of likely N-dealkylation sites (N-methyl/N-ethyl adjacent to an activating group) is 1. The van der Waals surface area contributed by atoms with E-state index in [2.05, 4.69) is 39.9 Å². The molecule has 4 nitrogen and oxygen atoms in total. The number of rotatable bonds is 6. The molecule has 3 rings (SSSR count). The maximum Gasteiger partial charge on any atom is 0.236 e. The first-order valence-electron chi connectivity index (χ1n) is 8.65. The van der Waals surface area contributed by atoms with E-state index < -0.39 is 0 Å². The predicted molar refractivity (Wildman–Crippen MR) is 103 cm³/mol. The molecule has 0 N–H and O–H groups in total. The summed E-state index contributed by atoms with van der Waals surface area (Å²) >= 11 is 3.57. The summed E-state index contributed by atoms with van der Waals surface area (Å²) in [7, 11) is 0. The van der Waals surface area contributed by atoms with E-state index in [0.717, 1.165) is 13.0 Å². The molecular weight excluding hydrogens is 350 g/mol. The molecule has 1 aliphatic rings. The second kappa shape index (κ2) is 8.13. The number of fused-ring (bicyclic) bond motifs is 1. The Morgan fingerprint density at radius 2 is 2.28 bits per heavy atom. The van der Waals surface area contributed by atoms with Crippen LogP contribution >= 0.6 is 22.7 Å². The summed E-state index contributed by atoms with van der Waals surface area (Å²) in [5, 5.41) is 13.3. The lowest BCUT2D eigenvalue weighted by atomic mass is 9.98. The lowest BCUT2D eigenvalue weighted by Crippen LogP contribution is -2.45. The number of nitriles is 1. The summed E-state index contributed by atoms with van der Waals surface area (Å²) in [6.07, 6.45) is 1.00. The van der Waals surface area contributed by atoms with E-state index in [4.69, 9.17) is 5.26 Å². The molecule has 1 amide bonds. The Hall–Kier alpha value is -1.68. The zero-order valence-corrected chi connectivity index (χ0v) is 16.3. The van der Waals surface area contributed by atoms with Crippen LogP contribution in [-0.2, 0) is 11.2 Å². The Labute approximate surface area is 157 Å². The van der Waals surface area contributed by atoms with E-state index in [1.165, 1.54) is 15.3 Å². The fraction of sp³-hybridized carbons (Fsp3) is 0.474. The molecule has 0 saturated carbocycles. The van der Waals surface area contributed by atoms with Crippen LogP contribution in [0.15, 0.2) is 29.0 Å². The van der Waals surface area contributed by atoms with Crippen LogP contribution in [0.3, 0.4) is 0 Å². The lowest BCUT2D eigenvalue weighted by molar-refractivity contribution is -0.133. The van der Waals surface area contributed by atoms with Crippen molar-refractivity contribution in [2.24, 2.45) is 5.92 Å². The number of nitrogens with zero attached hydrogens (tertiary/aromatic N) is 3. The van der Waals surface area contributed by atoms with E-state index >= 15 is 0 Å². The topological polar surface area (TPSA) is 47.3 Å². The number of carbonyl (C=O) groups is 1. The SMILES string of the molecule is CCN(CC(C)C#N)C(=O)CN1CCc2sccc2C1c1cccs1. The maximum atomic E-state index is 12.8. The van der Waals surface area contributed by atoms with Gasteiger partial charge < -0.3 is 4.90 Å². The Bertz CT molecular complexity index is 747. The molecule has 0 aromatic carbocycles. The Kier molecular flexibility index (Phi) is 5.89. The van der Waals surface area contributed by atoms with E-state index in [9.17, 15) is 4.79 Å². The first kappa shape index (κ1) is 18.1. The molecule has 2 aromatic rings. The van der Waals surface area contributed by atoms with Crippen molar-refractivity contribution in [3.63, 3.8) is 0 Å². The van der Waals surface area contributed by atoms with Crippen LogP contribution in [0.25, 0.3) is 0 Å². The van der Waals surface area contributed by atoms with E-state index in [-0.39, 0.29) is 17.9 Å². The first-order valence-corrected chi connectivity index (χ1v) is 10.4. The van der Waals surface area contributed by atoms with Crippen molar-refractivity contribution in [3.05, 3.63) is 44.3 Å². The van der Waals surface area contributed by atoms with Crippen LogP contribution in [0, 0.1) is 17.2 Å². The predicted octanol–water partition coefficient (Wildman–Crippen LogP) is 3.77. The van der Waals surface area contributed by atoms with Crippen LogP contribution in [0.5, 0.6) is 0 Å². The van der Waals surface area contributed by atoms with Gasteiger partial charge in [0, 0.05) is 29.4 Å². The van der Waals surface area contributed by atoms with E-state index in [1.54, 1.807) is 11.3 Å². The molecule has 2 unspecified atom stereocenters. The summed E-state index contributed by atoms with van der Waals surface area (Å²) < 4.78 is 0. The van der Waals surface area contributed by atoms with Gasteiger partial charge in [0.25, 0.3) is 0 Å². The largest absolute Gasteiger partial charge is 0.341 e. The van der Waals surface area contributed by atoms with Crippen molar-refractivity contribution >= 4 is 28.6 Å². The lowest BCUT2D eigenvalue weighted by Gasteiger charge is -2.36. The summed E-state index contributed by atoms with van der Waals surface area (Å²) in [5.74, 6) is -0.0216. The van der Waals surface area contributed by atoms with Crippen LogP contribution < -0.4 is 0 Å². The molecule has 2 atom stereocenters. The van der Waals surface area contributed by atoms with Crippen molar-refractivity contribution in [1.29, 1.82) is 5.26 Å². The highest BCUT2D eigenvalue weighted by molar-refractivity contribution is 7.10. The quantitative estimate of drug-likeness (QED) is 0.774. The van der Waals surface area contributed by atoms with Gasteiger partial charge in [0.15, 0.2) is 0 Å². The Balaban J connectivity index is 1.79. The summed E-state index contributed by atoms with van der Waals surface area (Å²) in [5.41, 5.74) is 1.35. The fourth-order valence-corrected chi connectivity index (χ4v) is 5.15. The molecular formula is C19H23N3OS2. The molecule has 132 valence electrons. The molecule has 0 radical (unpaired) electrons. The van der Waals surface area contributed by atoms with Gasteiger partial charge in [0.1, 0.15) is 0 Å². The third-order valence-electron chi connectivity index (χ3n) is 4.67.